The molecule has 90 valence electrons. The van der Waals surface area contributed by atoms with Gasteiger partial charge in [-0.1, -0.05) is 6.92 Å². The van der Waals surface area contributed by atoms with Gasteiger partial charge in [-0.15, -0.1) is 0 Å². The fourth-order valence-corrected chi connectivity index (χ4v) is 2.39. The first-order valence-corrected chi connectivity index (χ1v) is 6.06. The summed E-state index contributed by atoms with van der Waals surface area (Å²) < 4.78 is 5.30. The number of nitrogens with zero attached hydrogens (tertiary/aromatic N) is 1. The average molecular weight is 214 g/mol. The fraction of sp³-hybridized carbons (Fsp3) is 1.00. The van der Waals surface area contributed by atoms with Gasteiger partial charge >= 0.3 is 0 Å². The van der Waals surface area contributed by atoms with Crippen LogP contribution in [0.3, 0.4) is 0 Å². The summed E-state index contributed by atoms with van der Waals surface area (Å²) in [6.45, 7) is 8.30. The number of ether oxygens (including phenoxy) is 1. The Morgan fingerprint density at radius 1 is 1.40 bits per heavy atom. The van der Waals surface area contributed by atoms with Gasteiger partial charge in [0.15, 0.2) is 0 Å². The molecule has 1 heterocycles. The van der Waals surface area contributed by atoms with Crippen LogP contribution in [0.25, 0.3) is 0 Å². The van der Waals surface area contributed by atoms with Gasteiger partial charge in [-0.05, 0) is 45.2 Å². The molecule has 0 spiro atoms. The number of hydrogen-bond donors (Lipinski definition) is 1. The van der Waals surface area contributed by atoms with E-state index in [1.165, 1.54) is 25.8 Å². The lowest BCUT2D eigenvalue weighted by Crippen LogP contribution is -2.55. The molecule has 1 saturated heterocycles. The molecule has 1 aliphatic rings. The van der Waals surface area contributed by atoms with Crippen LogP contribution < -0.4 is 5.73 Å². The van der Waals surface area contributed by atoms with Gasteiger partial charge in [-0.2, -0.15) is 0 Å². The monoisotopic (exact) mass is 214 g/mol. The lowest BCUT2D eigenvalue weighted by atomic mass is 10.0. The Morgan fingerprint density at radius 3 is 2.73 bits per heavy atom. The predicted octanol–water partition coefficient (Wildman–Crippen LogP) is 1.47. The van der Waals surface area contributed by atoms with Crippen LogP contribution in [0, 0.1) is 5.92 Å². The number of rotatable bonds is 4. The van der Waals surface area contributed by atoms with Gasteiger partial charge in [0.05, 0.1) is 12.1 Å². The Hall–Kier alpha value is -0.120. The summed E-state index contributed by atoms with van der Waals surface area (Å²) in [5.41, 5.74) is 5.91. The highest BCUT2D eigenvalue weighted by molar-refractivity contribution is 4.88. The molecule has 0 aromatic carbocycles. The molecule has 2 N–H and O–H groups in total. The highest BCUT2D eigenvalue weighted by Gasteiger charge is 2.31. The predicted molar refractivity (Wildman–Crippen MR) is 63.9 cm³/mol. The molecule has 1 aliphatic heterocycles. The molecule has 0 aromatic heterocycles. The largest absolute Gasteiger partial charge is 0.383 e. The Morgan fingerprint density at radius 2 is 2.13 bits per heavy atom. The molecule has 2 atom stereocenters. The summed E-state index contributed by atoms with van der Waals surface area (Å²) in [5.74, 6) is 0.861. The van der Waals surface area contributed by atoms with Crippen LogP contribution in [-0.2, 0) is 4.74 Å². The molecule has 0 amide bonds. The van der Waals surface area contributed by atoms with Crippen molar-refractivity contribution in [2.45, 2.75) is 38.6 Å². The zero-order chi connectivity index (χ0) is 11.3. The van der Waals surface area contributed by atoms with Gasteiger partial charge in [-0.25, -0.2) is 0 Å². The summed E-state index contributed by atoms with van der Waals surface area (Å²) in [6, 6.07) is 0. The first-order chi connectivity index (χ1) is 7.12. The second kappa shape index (κ2) is 5.83. The first-order valence-electron chi connectivity index (χ1n) is 6.06. The van der Waals surface area contributed by atoms with Gasteiger partial charge in [-0.3, -0.25) is 4.90 Å². The topological polar surface area (TPSA) is 38.5 Å². The molecule has 0 radical (unpaired) electrons. The Bertz CT molecular complexity index is 186. The Kier molecular flexibility index (Phi) is 5.03. The van der Waals surface area contributed by atoms with E-state index in [1.54, 1.807) is 7.11 Å². The molecule has 0 aliphatic carbocycles. The van der Waals surface area contributed by atoms with Crippen LogP contribution >= 0.6 is 0 Å². The van der Waals surface area contributed by atoms with Crippen molar-refractivity contribution in [2.24, 2.45) is 11.7 Å². The molecule has 3 nitrogen and oxygen atoms in total. The number of methoxy groups -OCH3 is 1. The van der Waals surface area contributed by atoms with Crippen LogP contribution in [0.4, 0.5) is 0 Å². The fourth-order valence-electron chi connectivity index (χ4n) is 2.39. The highest BCUT2D eigenvalue weighted by atomic mass is 16.5. The maximum atomic E-state index is 5.89. The van der Waals surface area contributed by atoms with E-state index in [9.17, 15) is 0 Å². The average Bonchev–Trinajstić information content (AvgIpc) is 2.43. The van der Waals surface area contributed by atoms with Crippen LogP contribution in [-0.4, -0.2) is 43.8 Å². The van der Waals surface area contributed by atoms with E-state index in [0.717, 1.165) is 19.1 Å². The quantitative estimate of drug-likeness (QED) is 0.770. The summed E-state index contributed by atoms with van der Waals surface area (Å²) in [4.78, 5) is 2.51. The maximum absolute atomic E-state index is 5.89. The minimum absolute atomic E-state index is 0.0266. The lowest BCUT2D eigenvalue weighted by molar-refractivity contribution is 0.0285. The first kappa shape index (κ1) is 12.9. The Balaban J connectivity index is 2.58. The van der Waals surface area contributed by atoms with Crippen molar-refractivity contribution < 1.29 is 4.74 Å². The molecular weight excluding hydrogens is 188 g/mol. The molecule has 2 unspecified atom stereocenters. The lowest BCUT2D eigenvalue weighted by Gasteiger charge is -2.39. The molecule has 15 heavy (non-hydrogen) atoms. The van der Waals surface area contributed by atoms with Crippen molar-refractivity contribution in [3.05, 3.63) is 0 Å². The number of likely N-dealkylation sites (tertiary alicyclic amines) is 1. The SMILES string of the molecule is COCC(C)(CN)N1CCCC(C)CC1. The zero-order valence-corrected chi connectivity index (χ0v) is 10.5. The summed E-state index contributed by atoms with van der Waals surface area (Å²) in [6.07, 6.45) is 3.93. The molecule has 3 heteroatoms. The smallest absolute Gasteiger partial charge is 0.0656 e. The van der Waals surface area contributed by atoms with E-state index >= 15 is 0 Å². The summed E-state index contributed by atoms with van der Waals surface area (Å²) >= 11 is 0. The van der Waals surface area contributed by atoms with Crippen LogP contribution in [0.1, 0.15) is 33.1 Å². The third kappa shape index (κ3) is 3.44. The van der Waals surface area contributed by atoms with Gasteiger partial charge in [0.1, 0.15) is 0 Å². The molecule has 0 aromatic rings. The van der Waals surface area contributed by atoms with Gasteiger partial charge < -0.3 is 10.5 Å². The molecule has 0 saturated carbocycles. The van der Waals surface area contributed by atoms with Crippen LogP contribution in [0.15, 0.2) is 0 Å². The van der Waals surface area contributed by atoms with E-state index in [2.05, 4.69) is 18.7 Å². The van der Waals surface area contributed by atoms with Crippen molar-refractivity contribution in [1.29, 1.82) is 0 Å². The third-order valence-corrected chi connectivity index (χ3v) is 3.68. The molecule has 0 bridgehead atoms. The standard InChI is InChI=1S/C12H26N2O/c1-11-5-4-7-14(8-6-11)12(2,9-13)10-15-3/h11H,4-10,13H2,1-3H3. The van der Waals surface area contributed by atoms with Crippen LogP contribution in [0.5, 0.6) is 0 Å². The summed E-state index contributed by atoms with van der Waals surface area (Å²) in [5, 5.41) is 0. The van der Waals surface area contributed by atoms with E-state index in [1.807, 2.05) is 0 Å². The Labute approximate surface area is 94.0 Å². The number of hydrogen-bond acceptors (Lipinski definition) is 3. The minimum Gasteiger partial charge on any atom is -0.383 e. The molecular formula is C12H26N2O. The highest BCUT2D eigenvalue weighted by Crippen LogP contribution is 2.23. The minimum atomic E-state index is 0.0266. The van der Waals surface area contributed by atoms with E-state index in [-0.39, 0.29) is 5.54 Å². The molecule has 1 fully saturated rings. The molecule has 1 rings (SSSR count). The van der Waals surface area contributed by atoms with E-state index in [0.29, 0.717) is 6.54 Å². The zero-order valence-electron chi connectivity index (χ0n) is 10.5. The second-order valence-corrected chi connectivity index (χ2v) is 5.16. The van der Waals surface area contributed by atoms with Crippen molar-refractivity contribution in [3.63, 3.8) is 0 Å². The summed E-state index contributed by atoms with van der Waals surface area (Å²) in [7, 11) is 1.76. The van der Waals surface area contributed by atoms with Crippen molar-refractivity contribution >= 4 is 0 Å². The third-order valence-electron chi connectivity index (χ3n) is 3.68. The normalized spacial score (nSPS) is 28.4. The van der Waals surface area contributed by atoms with E-state index in [4.69, 9.17) is 10.5 Å². The van der Waals surface area contributed by atoms with Crippen molar-refractivity contribution in [3.8, 4) is 0 Å². The maximum Gasteiger partial charge on any atom is 0.0656 e. The van der Waals surface area contributed by atoms with Gasteiger partial charge in [0.25, 0.3) is 0 Å². The van der Waals surface area contributed by atoms with Gasteiger partial charge in [0.2, 0.25) is 0 Å². The van der Waals surface area contributed by atoms with Crippen molar-refractivity contribution in [2.75, 3.05) is 33.4 Å². The number of nitrogens with two attached hydrogens (primary N) is 1. The van der Waals surface area contributed by atoms with E-state index < -0.39 is 0 Å². The van der Waals surface area contributed by atoms with Crippen LogP contribution in [0.2, 0.25) is 0 Å². The van der Waals surface area contributed by atoms with Crippen molar-refractivity contribution in [1.82, 2.24) is 4.90 Å². The van der Waals surface area contributed by atoms with Gasteiger partial charge in [0, 0.05) is 13.7 Å². The second-order valence-electron chi connectivity index (χ2n) is 5.16.